The minimum atomic E-state index is -0.496. The lowest BCUT2D eigenvalue weighted by Crippen LogP contribution is -2.51. The number of likely N-dealkylation sites (tertiary alicyclic amines) is 1. The molecule has 2 aliphatic heterocycles. The highest BCUT2D eigenvalue weighted by molar-refractivity contribution is 6.00. The normalized spacial score (nSPS) is 14.3. The molecule has 10 nitrogen and oxygen atoms in total. The summed E-state index contributed by atoms with van der Waals surface area (Å²) in [4.78, 5) is 38.0. The molecule has 3 amide bonds. The van der Waals surface area contributed by atoms with Crippen LogP contribution in [0.2, 0.25) is 0 Å². The summed E-state index contributed by atoms with van der Waals surface area (Å²) in [6, 6.07) is 22.1. The lowest BCUT2D eigenvalue weighted by atomic mass is 9.99. The summed E-state index contributed by atoms with van der Waals surface area (Å²) in [6.45, 7) is 2.87. The Morgan fingerprint density at radius 2 is 1.80 bits per heavy atom. The van der Waals surface area contributed by atoms with Crippen molar-refractivity contribution in [1.29, 1.82) is 0 Å². The van der Waals surface area contributed by atoms with Gasteiger partial charge in [0.1, 0.15) is 24.7 Å². The number of nitrogens with one attached hydrogen (secondary N) is 2. The molecule has 2 heterocycles. The number of carbonyl (C=O) groups is 3. The van der Waals surface area contributed by atoms with Crippen molar-refractivity contribution in [1.82, 2.24) is 10.2 Å². The lowest BCUT2D eigenvalue weighted by Gasteiger charge is -2.39. The quantitative estimate of drug-likeness (QED) is 0.354. The fourth-order valence-corrected chi connectivity index (χ4v) is 4.43. The average Bonchev–Trinajstić information content (AvgIpc) is 2.96. The molecule has 5 rings (SSSR count). The van der Waals surface area contributed by atoms with Crippen molar-refractivity contribution >= 4 is 23.6 Å². The molecule has 40 heavy (non-hydrogen) atoms. The Kier molecular flexibility index (Phi) is 8.77. The minimum absolute atomic E-state index is 0.0199. The first-order valence-electron chi connectivity index (χ1n) is 13.1. The third-order valence-electron chi connectivity index (χ3n) is 6.53. The predicted octanol–water partition coefficient (Wildman–Crippen LogP) is 3.61. The molecule has 1 saturated heterocycles. The van der Waals surface area contributed by atoms with E-state index in [1.54, 1.807) is 23.1 Å². The summed E-state index contributed by atoms with van der Waals surface area (Å²) in [6.07, 6.45) is -0.496. The van der Waals surface area contributed by atoms with Gasteiger partial charge in [-0.2, -0.15) is 0 Å². The van der Waals surface area contributed by atoms with Crippen LogP contribution < -0.4 is 20.1 Å². The number of hydrogen-bond donors (Lipinski definition) is 2. The van der Waals surface area contributed by atoms with E-state index < -0.39 is 6.09 Å². The molecule has 0 saturated carbocycles. The summed E-state index contributed by atoms with van der Waals surface area (Å²) in [5, 5.41) is 5.41. The first-order chi connectivity index (χ1) is 19.5. The highest BCUT2D eigenvalue weighted by Crippen LogP contribution is 2.30. The maximum Gasteiger partial charge on any atom is 0.407 e. The number of carbonyl (C=O) groups excluding carboxylic acids is 3. The molecule has 0 aliphatic carbocycles. The second kappa shape index (κ2) is 13.0. The van der Waals surface area contributed by atoms with Gasteiger partial charge in [-0.1, -0.05) is 48.5 Å². The van der Waals surface area contributed by atoms with Crippen molar-refractivity contribution in [2.24, 2.45) is 5.92 Å². The van der Waals surface area contributed by atoms with Crippen molar-refractivity contribution in [2.75, 3.05) is 44.8 Å². The average molecular weight is 546 g/mol. The van der Waals surface area contributed by atoms with Gasteiger partial charge < -0.3 is 34.5 Å². The number of para-hydroxylation sites is 1. The fraction of sp³-hybridized carbons (Fsp3) is 0.300. The number of alkyl carbamates (subject to hydrolysis) is 1. The molecule has 3 aromatic rings. The summed E-state index contributed by atoms with van der Waals surface area (Å²) in [7, 11) is 0. The van der Waals surface area contributed by atoms with Gasteiger partial charge in [0.2, 0.25) is 0 Å². The number of anilines is 1. The molecule has 0 spiro atoms. The van der Waals surface area contributed by atoms with Crippen LogP contribution in [0.5, 0.6) is 11.5 Å². The number of nitrogens with zero attached hydrogens (tertiary/aromatic N) is 1. The Morgan fingerprint density at radius 3 is 2.65 bits per heavy atom. The molecule has 208 valence electrons. The Morgan fingerprint density at radius 1 is 1.00 bits per heavy atom. The van der Waals surface area contributed by atoms with Crippen molar-refractivity contribution in [3.8, 4) is 11.5 Å². The van der Waals surface area contributed by atoms with Crippen LogP contribution in [0.4, 0.5) is 10.5 Å². The molecule has 0 radical (unpaired) electrons. The van der Waals surface area contributed by atoms with Gasteiger partial charge in [-0.15, -0.1) is 0 Å². The molecular weight excluding hydrogens is 514 g/mol. The first kappa shape index (κ1) is 27.0. The highest BCUT2D eigenvalue weighted by atomic mass is 16.5. The smallest absolute Gasteiger partial charge is 0.407 e. The Labute approximate surface area is 232 Å². The largest absolute Gasteiger partial charge is 0.491 e. The van der Waals surface area contributed by atoms with Crippen LogP contribution in [0.3, 0.4) is 0 Å². The van der Waals surface area contributed by atoms with E-state index in [-0.39, 0.29) is 37.6 Å². The zero-order valence-corrected chi connectivity index (χ0v) is 22.0. The van der Waals surface area contributed by atoms with E-state index in [0.717, 1.165) is 11.1 Å². The van der Waals surface area contributed by atoms with Crippen LogP contribution in [0, 0.1) is 5.92 Å². The van der Waals surface area contributed by atoms with E-state index in [2.05, 4.69) is 10.6 Å². The van der Waals surface area contributed by atoms with Crippen LogP contribution in [0.15, 0.2) is 72.8 Å². The number of benzene rings is 3. The zero-order chi connectivity index (χ0) is 27.7. The highest BCUT2D eigenvalue weighted by Gasteiger charge is 2.32. The molecule has 3 aromatic carbocycles. The summed E-state index contributed by atoms with van der Waals surface area (Å²) >= 11 is 0. The van der Waals surface area contributed by atoms with Gasteiger partial charge in [0.25, 0.3) is 11.8 Å². The number of ether oxygens (including phenoxy) is 4. The third kappa shape index (κ3) is 7.09. The second-order valence-electron chi connectivity index (χ2n) is 9.58. The van der Waals surface area contributed by atoms with Crippen LogP contribution in [-0.2, 0) is 27.5 Å². The van der Waals surface area contributed by atoms with Gasteiger partial charge in [0.05, 0.1) is 25.4 Å². The van der Waals surface area contributed by atoms with Crippen molar-refractivity contribution in [2.45, 2.75) is 13.2 Å². The molecule has 10 heteroatoms. The van der Waals surface area contributed by atoms with E-state index in [1.165, 1.54) is 0 Å². The van der Waals surface area contributed by atoms with Crippen LogP contribution in [0.1, 0.15) is 21.5 Å². The Balaban J connectivity index is 0.993. The lowest BCUT2D eigenvalue weighted by molar-refractivity contribution is -0.118. The molecular formula is C30H31N3O7. The Bertz CT molecular complexity index is 1340. The Hall–Kier alpha value is -4.57. The van der Waals surface area contributed by atoms with Gasteiger partial charge in [-0.25, -0.2) is 4.79 Å². The summed E-state index contributed by atoms with van der Waals surface area (Å²) in [5.74, 6) is 1.17. The molecule has 1 fully saturated rings. The van der Waals surface area contributed by atoms with Gasteiger partial charge >= 0.3 is 6.09 Å². The number of fused-ring (bicyclic) bond motifs is 1. The minimum Gasteiger partial charge on any atom is -0.491 e. The third-order valence-corrected chi connectivity index (χ3v) is 6.53. The van der Waals surface area contributed by atoms with Crippen LogP contribution in [0.25, 0.3) is 0 Å². The maximum atomic E-state index is 12.8. The van der Waals surface area contributed by atoms with E-state index in [4.69, 9.17) is 18.9 Å². The molecule has 0 aromatic heterocycles. The van der Waals surface area contributed by atoms with Gasteiger partial charge in [0, 0.05) is 30.1 Å². The maximum absolute atomic E-state index is 12.8. The van der Waals surface area contributed by atoms with Crippen LogP contribution in [-0.4, -0.2) is 62.3 Å². The van der Waals surface area contributed by atoms with Crippen molar-refractivity contribution in [3.63, 3.8) is 0 Å². The zero-order valence-electron chi connectivity index (χ0n) is 22.0. The summed E-state index contributed by atoms with van der Waals surface area (Å²) < 4.78 is 22.3. The van der Waals surface area contributed by atoms with Crippen molar-refractivity contribution in [3.05, 3.63) is 89.5 Å². The molecule has 0 atom stereocenters. The van der Waals surface area contributed by atoms with Gasteiger partial charge in [-0.3, -0.25) is 9.59 Å². The monoisotopic (exact) mass is 545 g/mol. The van der Waals surface area contributed by atoms with E-state index >= 15 is 0 Å². The standard InChI is InChI=1S/C30H31N3O7/c34-28-20-39-27-11-10-23(14-25(27)32-28)29(35)33-15-22(16-33)17-37-19-24-8-4-5-9-26(24)38-13-12-31-30(36)40-18-21-6-2-1-3-7-21/h1-11,14,22H,12-13,15-20H2,(H,31,36)(H,32,34). The number of rotatable bonds is 11. The molecule has 2 aliphatic rings. The second-order valence-corrected chi connectivity index (χ2v) is 9.58. The SMILES string of the molecule is O=C1COc2ccc(C(=O)N3CC(COCc4ccccc4OCCNC(=O)OCc4ccccc4)C3)cc2N1. The number of amides is 3. The predicted molar refractivity (Wildman–Crippen MR) is 146 cm³/mol. The fourth-order valence-electron chi connectivity index (χ4n) is 4.43. The molecule has 0 bridgehead atoms. The first-order valence-corrected chi connectivity index (χ1v) is 13.1. The molecule has 0 unspecified atom stereocenters. The van der Waals surface area contributed by atoms with Crippen LogP contribution >= 0.6 is 0 Å². The topological polar surface area (TPSA) is 115 Å². The van der Waals surface area contributed by atoms with Gasteiger partial charge in [0.15, 0.2) is 6.61 Å². The van der Waals surface area contributed by atoms with E-state index in [9.17, 15) is 14.4 Å². The molecule has 2 N–H and O–H groups in total. The van der Waals surface area contributed by atoms with E-state index in [0.29, 0.717) is 55.6 Å². The summed E-state index contributed by atoms with van der Waals surface area (Å²) in [5.41, 5.74) is 2.85. The van der Waals surface area contributed by atoms with Gasteiger partial charge in [-0.05, 0) is 29.8 Å². The van der Waals surface area contributed by atoms with Crippen molar-refractivity contribution < 1.29 is 33.3 Å². The van der Waals surface area contributed by atoms with E-state index in [1.807, 2.05) is 54.6 Å². The number of hydrogen-bond acceptors (Lipinski definition) is 7.